The molecule has 0 unspecified atom stereocenters. The second-order valence-electron chi connectivity index (χ2n) is 12.4. The van der Waals surface area contributed by atoms with Gasteiger partial charge in [-0.2, -0.15) is 0 Å². The highest BCUT2D eigenvalue weighted by molar-refractivity contribution is 5.34. The lowest BCUT2D eigenvalue weighted by molar-refractivity contribution is 0.0145. The summed E-state index contributed by atoms with van der Waals surface area (Å²) in [6, 6.07) is 0. The van der Waals surface area contributed by atoms with Crippen molar-refractivity contribution >= 4 is 0 Å². The molecule has 170 valence electrons. The van der Waals surface area contributed by atoms with Crippen LogP contribution in [0.1, 0.15) is 106 Å². The SMILES string of the molecule is CC[C@@H](/C=C\[C@@H](C)[C@H]1CC[C@H]2C3=C(CC[C@]12C)[C@@]1(C)CC[C@H](O)C[C@H]1CC3)C(C)C. The van der Waals surface area contributed by atoms with Gasteiger partial charge in [-0.15, -0.1) is 0 Å². The Balaban J connectivity index is 1.55. The molecule has 0 aliphatic heterocycles. The molecule has 1 nitrogen and oxygen atoms in total. The van der Waals surface area contributed by atoms with Gasteiger partial charge in [-0.3, -0.25) is 0 Å². The van der Waals surface area contributed by atoms with Crippen molar-refractivity contribution in [2.75, 3.05) is 0 Å². The second kappa shape index (κ2) is 8.42. The Kier molecular flexibility index (Phi) is 6.35. The monoisotopic (exact) mass is 412 g/mol. The Morgan fingerprint density at radius 3 is 2.47 bits per heavy atom. The third kappa shape index (κ3) is 3.66. The Hall–Kier alpha value is -0.560. The topological polar surface area (TPSA) is 20.2 Å². The van der Waals surface area contributed by atoms with E-state index in [-0.39, 0.29) is 6.10 Å². The summed E-state index contributed by atoms with van der Waals surface area (Å²) in [6.45, 7) is 14.8. The van der Waals surface area contributed by atoms with Crippen LogP contribution < -0.4 is 0 Å². The lowest BCUT2D eigenvalue weighted by Crippen LogP contribution is -2.45. The minimum atomic E-state index is -0.0413. The molecular weight excluding hydrogens is 364 g/mol. The van der Waals surface area contributed by atoms with Crippen LogP contribution >= 0.6 is 0 Å². The van der Waals surface area contributed by atoms with Gasteiger partial charge in [0.2, 0.25) is 0 Å². The van der Waals surface area contributed by atoms with Crippen LogP contribution in [0.2, 0.25) is 0 Å². The van der Waals surface area contributed by atoms with Crippen molar-refractivity contribution in [2.24, 2.45) is 46.3 Å². The number of hydrogen-bond donors (Lipinski definition) is 1. The number of fused-ring (bicyclic) bond motifs is 4. The normalized spacial score (nSPS) is 43.5. The van der Waals surface area contributed by atoms with Crippen molar-refractivity contribution in [3.8, 4) is 0 Å². The summed E-state index contributed by atoms with van der Waals surface area (Å²) < 4.78 is 0. The van der Waals surface area contributed by atoms with E-state index in [9.17, 15) is 5.11 Å². The fourth-order valence-electron chi connectivity index (χ4n) is 8.62. The van der Waals surface area contributed by atoms with Crippen molar-refractivity contribution in [1.82, 2.24) is 0 Å². The smallest absolute Gasteiger partial charge is 0.0543 e. The van der Waals surface area contributed by atoms with Crippen molar-refractivity contribution < 1.29 is 5.11 Å². The van der Waals surface area contributed by atoms with Gasteiger partial charge in [0.1, 0.15) is 0 Å². The summed E-state index contributed by atoms with van der Waals surface area (Å²) in [5.41, 5.74) is 4.65. The largest absolute Gasteiger partial charge is 0.393 e. The van der Waals surface area contributed by atoms with E-state index in [1.54, 1.807) is 0 Å². The van der Waals surface area contributed by atoms with Crippen LogP contribution in [-0.4, -0.2) is 11.2 Å². The van der Waals surface area contributed by atoms with Crippen LogP contribution in [0, 0.1) is 46.3 Å². The number of rotatable bonds is 5. The zero-order chi connectivity index (χ0) is 21.7. The van der Waals surface area contributed by atoms with Gasteiger partial charge in [-0.05, 0) is 111 Å². The van der Waals surface area contributed by atoms with Crippen molar-refractivity contribution in [3.05, 3.63) is 23.3 Å². The molecule has 0 saturated heterocycles. The molecule has 0 bridgehead atoms. The zero-order valence-corrected chi connectivity index (χ0v) is 20.7. The van der Waals surface area contributed by atoms with Gasteiger partial charge >= 0.3 is 0 Å². The van der Waals surface area contributed by atoms with E-state index in [1.165, 1.54) is 51.4 Å². The maximum atomic E-state index is 10.3. The average Bonchev–Trinajstić information content (AvgIpc) is 3.06. The van der Waals surface area contributed by atoms with E-state index in [1.807, 2.05) is 11.1 Å². The molecule has 0 aromatic heterocycles. The molecule has 1 N–H and O–H groups in total. The predicted octanol–water partition coefficient (Wildman–Crippen LogP) is 7.94. The molecule has 0 aromatic carbocycles. The molecule has 30 heavy (non-hydrogen) atoms. The standard InChI is InChI=1S/C29H48O/c1-7-21(19(2)3)9-8-20(4)25-12-13-26-24-11-10-22-18-23(30)14-16-28(22,5)27(24)15-17-29(25,26)6/h8-9,19-23,25-26,30H,7,10-18H2,1-6H3/b9-8-/t20-,21+,22-,23+,25-,26+,28+,29-/m1/s1. The van der Waals surface area contributed by atoms with Crippen LogP contribution in [0.15, 0.2) is 23.3 Å². The van der Waals surface area contributed by atoms with Crippen LogP contribution in [0.5, 0.6) is 0 Å². The Morgan fingerprint density at radius 2 is 1.77 bits per heavy atom. The van der Waals surface area contributed by atoms with Crippen LogP contribution in [0.3, 0.4) is 0 Å². The molecule has 0 heterocycles. The highest BCUT2D eigenvalue weighted by atomic mass is 16.3. The van der Waals surface area contributed by atoms with Gasteiger partial charge in [-0.25, -0.2) is 0 Å². The van der Waals surface area contributed by atoms with E-state index in [4.69, 9.17) is 0 Å². The fourth-order valence-corrected chi connectivity index (χ4v) is 8.62. The summed E-state index contributed by atoms with van der Waals surface area (Å²) in [7, 11) is 0. The third-order valence-electron chi connectivity index (χ3n) is 10.7. The molecule has 4 rings (SSSR count). The molecular formula is C29H48O. The van der Waals surface area contributed by atoms with Gasteiger partial charge in [0.05, 0.1) is 6.10 Å². The van der Waals surface area contributed by atoms with Crippen LogP contribution in [0.25, 0.3) is 0 Å². The van der Waals surface area contributed by atoms with Gasteiger partial charge in [0.25, 0.3) is 0 Å². The fraction of sp³-hybridized carbons (Fsp3) is 0.862. The molecule has 4 aliphatic rings. The number of aliphatic hydroxyl groups is 1. The Labute approximate surface area is 186 Å². The predicted molar refractivity (Wildman–Crippen MR) is 128 cm³/mol. The van der Waals surface area contributed by atoms with E-state index < -0.39 is 0 Å². The summed E-state index contributed by atoms with van der Waals surface area (Å²) in [6.07, 6.45) is 17.9. The lowest BCUT2D eigenvalue weighted by atomic mass is 9.50. The molecule has 4 aliphatic carbocycles. The van der Waals surface area contributed by atoms with Crippen LogP contribution in [-0.2, 0) is 0 Å². The zero-order valence-electron chi connectivity index (χ0n) is 20.7. The highest BCUT2D eigenvalue weighted by Crippen LogP contribution is 2.65. The first kappa shape index (κ1) is 22.6. The first-order valence-corrected chi connectivity index (χ1v) is 13.3. The molecule has 2 fully saturated rings. The first-order chi connectivity index (χ1) is 14.2. The van der Waals surface area contributed by atoms with Gasteiger partial charge < -0.3 is 5.11 Å². The van der Waals surface area contributed by atoms with E-state index in [2.05, 4.69) is 53.7 Å². The molecule has 0 radical (unpaired) electrons. The second-order valence-corrected chi connectivity index (χ2v) is 12.4. The average molecular weight is 413 g/mol. The summed E-state index contributed by atoms with van der Waals surface area (Å²) >= 11 is 0. The van der Waals surface area contributed by atoms with Gasteiger partial charge in [-0.1, -0.05) is 64.8 Å². The highest BCUT2D eigenvalue weighted by Gasteiger charge is 2.55. The van der Waals surface area contributed by atoms with Crippen LogP contribution in [0.4, 0.5) is 0 Å². The maximum absolute atomic E-state index is 10.3. The van der Waals surface area contributed by atoms with E-state index in [0.29, 0.717) is 16.7 Å². The minimum absolute atomic E-state index is 0.0413. The Bertz CT molecular complexity index is 686. The first-order valence-electron chi connectivity index (χ1n) is 13.3. The quantitative estimate of drug-likeness (QED) is 0.454. The van der Waals surface area contributed by atoms with E-state index >= 15 is 0 Å². The molecule has 1 heteroatoms. The van der Waals surface area contributed by atoms with Crippen molar-refractivity contribution in [1.29, 1.82) is 0 Å². The number of allylic oxidation sites excluding steroid dienone is 4. The molecule has 2 saturated carbocycles. The lowest BCUT2D eigenvalue weighted by Gasteiger charge is -2.55. The van der Waals surface area contributed by atoms with Crippen molar-refractivity contribution in [2.45, 2.75) is 112 Å². The summed E-state index contributed by atoms with van der Waals surface area (Å²) in [5.74, 6) is 4.58. The summed E-state index contributed by atoms with van der Waals surface area (Å²) in [4.78, 5) is 0. The number of hydrogen-bond acceptors (Lipinski definition) is 1. The van der Waals surface area contributed by atoms with Gasteiger partial charge in [0, 0.05) is 0 Å². The van der Waals surface area contributed by atoms with Gasteiger partial charge in [0.15, 0.2) is 0 Å². The molecule has 0 spiro atoms. The Morgan fingerprint density at radius 1 is 1.00 bits per heavy atom. The van der Waals surface area contributed by atoms with E-state index in [0.717, 1.165) is 42.4 Å². The summed E-state index contributed by atoms with van der Waals surface area (Å²) in [5, 5.41) is 10.3. The molecule has 0 aromatic rings. The van der Waals surface area contributed by atoms with Crippen molar-refractivity contribution in [3.63, 3.8) is 0 Å². The molecule has 8 atom stereocenters. The molecule has 0 amide bonds. The number of aliphatic hydroxyl groups excluding tert-OH is 1. The third-order valence-corrected chi connectivity index (χ3v) is 10.7. The maximum Gasteiger partial charge on any atom is 0.0543 e. The minimum Gasteiger partial charge on any atom is -0.393 e.